The molecule has 0 aromatic heterocycles. The fraction of sp³-hybridized carbons (Fsp3) is 1.00. The van der Waals surface area contributed by atoms with Crippen LogP contribution in [0.1, 0.15) is 39.0 Å². The Morgan fingerprint density at radius 3 is 2.54 bits per heavy atom. The third-order valence-corrected chi connectivity index (χ3v) is 3.29. The molecule has 78 valence electrons. The van der Waals surface area contributed by atoms with Gasteiger partial charge in [0.05, 0.1) is 6.10 Å². The van der Waals surface area contributed by atoms with E-state index in [0.717, 1.165) is 19.5 Å². The van der Waals surface area contributed by atoms with Crippen molar-refractivity contribution < 1.29 is 5.11 Å². The molecule has 13 heavy (non-hydrogen) atoms. The maximum absolute atomic E-state index is 9.87. The molecule has 1 fully saturated rings. The number of aliphatic hydroxyl groups is 1. The zero-order valence-corrected chi connectivity index (χ0v) is 9.00. The summed E-state index contributed by atoms with van der Waals surface area (Å²) in [5, 5.41) is 9.87. The highest BCUT2D eigenvalue weighted by Crippen LogP contribution is 2.28. The summed E-state index contributed by atoms with van der Waals surface area (Å²) in [7, 11) is 2.11. The van der Waals surface area contributed by atoms with Crippen molar-refractivity contribution in [3.8, 4) is 0 Å². The van der Waals surface area contributed by atoms with Crippen molar-refractivity contribution in [3.63, 3.8) is 0 Å². The van der Waals surface area contributed by atoms with E-state index in [1.165, 1.54) is 25.7 Å². The summed E-state index contributed by atoms with van der Waals surface area (Å²) < 4.78 is 0. The van der Waals surface area contributed by atoms with Gasteiger partial charge in [0.2, 0.25) is 0 Å². The summed E-state index contributed by atoms with van der Waals surface area (Å²) in [4.78, 5) is 2.26. The van der Waals surface area contributed by atoms with Gasteiger partial charge >= 0.3 is 0 Å². The molecule has 0 radical (unpaired) electrons. The third kappa shape index (κ3) is 3.65. The van der Waals surface area contributed by atoms with Gasteiger partial charge in [0.1, 0.15) is 0 Å². The van der Waals surface area contributed by atoms with E-state index in [-0.39, 0.29) is 6.10 Å². The van der Waals surface area contributed by atoms with Crippen LogP contribution < -0.4 is 0 Å². The zero-order chi connectivity index (χ0) is 9.68. The quantitative estimate of drug-likeness (QED) is 0.707. The number of aliphatic hydroxyl groups excluding tert-OH is 1. The first-order chi connectivity index (χ1) is 6.24. The molecule has 0 spiro atoms. The number of hydrogen-bond acceptors (Lipinski definition) is 2. The Morgan fingerprint density at radius 2 is 2.00 bits per heavy atom. The minimum Gasteiger partial charge on any atom is -0.393 e. The van der Waals surface area contributed by atoms with Crippen LogP contribution in [0, 0.1) is 5.92 Å². The molecule has 0 bridgehead atoms. The van der Waals surface area contributed by atoms with Gasteiger partial charge in [0, 0.05) is 6.54 Å². The van der Waals surface area contributed by atoms with E-state index in [2.05, 4.69) is 18.9 Å². The second-order valence-corrected chi connectivity index (χ2v) is 4.30. The molecule has 0 heterocycles. The molecule has 2 nitrogen and oxygen atoms in total. The second-order valence-electron chi connectivity index (χ2n) is 4.30. The van der Waals surface area contributed by atoms with Crippen LogP contribution in [-0.4, -0.2) is 36.2 Å². The molecule has 1 aliphatic carbocycles. The molecular formula is C11H23NO. The average Bonchev–Trinajstić information content (AvgIpc) is 2.66. The topological polar surface area (TPSA) is 23.5 Å². The fourth-order valence-electron chi connectivity index (χ4n) is 2.09. The highest BCUT2D eigenvalue weighted by atomic mass is 16.3. The van der Waals surface area contributed by atoms with Crippen LogP contribution in [0.5, 0.6) is 0 Å². The Morgan fingerprint density at radius 1 is 1.38 bits per heavy atom. The summed E-state index contributed by atoms with van der Waals surface area (Å²) in [6.07, 6.45) is 6.05. The highest BCUT2D eigenvalue weighted by molar-refractivity contribution is 4.75. The Labute approximate surface area is 81.9 Å². The maximum Gasteiger partial charge on any atom is 0.0580 e. The van der Waals surface area contributed by atoms with Crippen LogP contribution in [0.15, 0.2) is 0 Å². The monoisotopic (exact) mass is 185 g/mol. The minimum absolute atomic E-state index is 0.0449. The lowest BCUT2D eigenvalue weighted by atomic mass is 9.98. The lowest BCUT2D eigenvalue weighted by Gasteiger charge is -2.20. The first kappa shape index (κ1) is 11.0. The van der Waals surface area contributed by atoms with Crippen molar-refractivity contribution in [1.29, 1.82) is 0 Å². The highest BCUT2D eigenvalue weighted by Gasteiger charge is 2.22. The van der Waals surface area contributed by atoms with Crippen molar-refractivity contribution in [2.45, 2.75) is 45.1 Å². The van der Waals surface area contributed by atoms with Crippen LogP contribution in [0.2, 0.25) is 0 Å². The van der Waals surface area contributed by atoms with Crippen molar-refractivity contribution in [2.75, 3.05) is 20.1 Å². The summed E-state index contributed by atoms with van der Waals surface area (Å²) in [5.41, 5.74) is 0. The van der Waals surface area contributed by atoms with Gasteiger partial charge in [-0.25, -0.2) is 0 Å². The van der Waals surface area contributed by atoms with Gasteiger partial charge in [0.25, 0.3) is 0 Å². The van der Waals surface area contributed by atoms with Gasteiger partial charge in [-0.2, -0.15) is 0 Å². The third-order valence-electron chi connectivity index (χ3n) is 3.29. The Hall–Kier alpha value is -0.0800. The van der Waals surface area contributed by atoms with Gasteiger partial charge in [-0.15, -0.1) is 0 Å². The van der Waals surface area contributed by atoms with Crippen LogP contribution in [0.25, 0.3) is 0 Å². The van der Waals surface area contributed by atoms with Crippen molar-refractivity contribution in [1.82, 2.24) is 4.90 Å². The molecule has 1 aliphatic rings. The Balaban J connectivity index is 2.12. The predicted molar refractivity (Wildman–Crippen MR) is 55.8 cm³/mol. The van der Waals surface area contributed by atoms with E-state index in [1.54, 1.807) is 0 Å². The molecule has 1 saturated carbocycles. The van der Waals surface area contributed by atoms with E-state index in [9.17, 15) is 5.11 Å². The van der Waals surface area contributed by atoms with Gasteiger partial charge in [-0.1, -0.05) is 19.8 Å². The Kier molecular flexibility index (Phi) is 4.74. The Bertz CT molecular complexity index is 132. The lowest BCUT2D eigenvalue weighted by molar-refractivity contribution is 0.0916. The van der Waals surface area contributed by atoms with E-state index in [1.807, 2.05) is 0 Å². The summed E-state index contributed by atoms with van der Waals surface area (Å²) >= 11 is 0. The molecule has 0 amide bonds. The lowest BCUT2D eigenvalue weighted by Crippen LogP contribution is -2.26. The summed E-state index contributed by atoms with van der Waals surface area (Å²) in [6.45, 7) is 4.27. The van der Waals surface area contributed by atoms with Crippen LogP contribution in [0.4, 0.5) is 0 Å². The van der Waals surface area contributed by atoms with Crippen LogP contribution in [0.3, 0.4) is 0 Å². The normalized spacial score (nSPS) is 21.2. The summed E-state index contributed by atoms with van der Waals surface area (Å²) in [6, 6.07) is 0. The predicted octanol–water partition coefficient (Wildman–Crippen LogP) is 1.88. The SMILES string of the molecule is CCN(C)CCC(O)C1CCCC1. The van der Waals surface area contributed by atoms with Gasteiger partial charge in [-0.05, 0) is 38.8 Å². The fourth-order valence-corrected chi connectivity index (χ4v) is 2.09. The second kappa shape index (κ2) is 5.61. The van der Waals surface area contributed by atoms with Crippen molar-refractivity contribution >= 4 is 0 Å². The van der Waals surface area contributed by atoms with E-state index in [4.69, 9.17) is 0 Å². The first-order valence-corrected chi connectivity index (χ1v) is 5.60. The molecule has 2 heteroatoms. The molecule has 1 rings (SSSR count). The average molecular weight is 185 g/mol. The van der Waals surface area contributed by atoms with Crippen LogP contribution in [-0.2, 0) is 0 Å². The maximum atomic E-state index is 9.87. The van der Waals surface area contributed by atoms with Crippen molar-refractivity contribution in [3.05, 3.63) is 0 Å². The number of hydrogen-bond donors (Lipinski definition) is 1. The molecule has 1 N–H and O–H groups in total. The van der Waals surface area contributed by atoms with E-state index < -0.39 is 0 Å². The smallest absolute Gasteiger partial charge is 0.0580 e. The van der Waals surface area contributed by atoms with Crippen molar-refractivity contribution in [2.24, 2.45) is 5.92 Å². The van der Waals surface area contributed by atoms with Gasteiger partial charge < -0.3 is 10.0 Å². The van der Waals surface area contributed by atoms with Gasteiger partial charge in [0.15, 0.2) is 0 Å². The summed E-state index contributed by atoms with van der Waals surface area (Å²) in [5.74, 6) is 0.602. The van der Waals surface area contributed by atoms with Gasteiger partial charge in [-0.3, -0.25) is 0 Å². The molecule has 1 atom stereocenters. The molecule has 1 unspecified atom stereocenters. The largest absolute Gasteiger partial charge is 0.393 e. The number of rotatable bonds is 5. The minimum atomic E-state index is -0.0449. The molecular weight excluding hydrogens is 162 g/mol. The van der Waals surface area contributed by atoms with E-state index in [0.29, 0.717) is 5.92 Å². The standard InChI is InChI=1S/C11H23NO/c1-3-12(2)9-8-11(13)10-6-4-5-7-10/h10-11,13H,3-9H2,1-2H3. The molecule has 0 aromatic rings. The zero-order valence-electron chi connectivity index (χ0n) is 9.00. The van der Waals surface area contributed by atoms with E-state index >= 15 is 0 Å². The first-order valence-electron chi connectivity index (χ1n) is 5.60. The molecule has 0 saturated heterocycles. The molecule has 0 aliphatic heterocycles. The number of nitrogens with zero attached hydrogens (tertiary/aromatic N) is 1. The molecule has 0 aromatic carbocycles. The van der Waals surface area contributed by atoms with Crippen LogP contribution >= 0.6 is 0 Å².